The Morgan fingerprint density at radius 3 is 2.35 bits per heavy atom. The number of aliphatic carboxylic acids is 1. The van der Waals surface area contributed by atoms with Crippen molar-refractivity contribution in [1.82, 2.24) is 0 Å². The van der Waals surface area contributed by atoms with Gasteiger partial charge in [-0.2, -0.15) is 0 Å². The van der Waals surface area contributed by atoms with Gasteiger partial charge in [-0.25, -0.2) is 4.79 Å². The fourth-order valence-electron chi connectivity index (χ4n) is 3.99. The number of benzene rings is 1. The number of hydrogen-bond donors (Lipinski definition) is 2. The highest BCUT2D eigenvalue weighted by atomic mass is 32.1. The summed E-state index contributed by atoms with van der Waals surface area (Å²) < 4.78 is 5.01. The summed E-state index contributed by atoms with van der Waals surface area (Å²) in [7, 11) is 1.31. The Bertz CT molecular complexity index is 1010. The Kier molecular flexibility index (Phi) is 7.28. The topological polar surface area (TPSA) is 92.7 Å². The average Bonchev–Trinajstić information content (AvgIpc) is 3.09. The number of amides is 1. The Hall–Kier alpha value is -2.93. The number of carbonyl (C=O) groups is 3. The molecule has 6 nitrogen and oxygen atoms in total. The Morgan fingerprint density at radius 1 is 1.13 bits per heavy atom. The Labute approximate surface area is 185 Å². The van der Waals surface area contributed by atoms with Crippen LogP contribution in [-0.2, 0) is 20.7 Å². The number of hydrogen-bond acceptors (Lipinski definition) is 5. The van der Waals surface area contributed by atoms with E-state index in [1.165, 1.54) is 24.0 Å². The molecule has 0 aliphatic heterocycles. The Balaban J connectivity index is 1.96. The van der Waals surface area contributed by atoms with Crippen LogP contribution in [-0.4, -0.2) is 30.1 Å². The summed E-state index contributed by atoms with van der Waals surface area (Å²) >= 11 is 1.30. The largest absolute Gasteiger partial charge is 0.481 e. The van der Waals surface area contributed by atoms with Crippen LogP contribution in [0.5, 0.6) is 0 Å². The molecule has 0 spiro atoms. The third-order valence-electron chi connectivity index (χ3n) is 5.58. The van der Waals surface area contributed by atoms with Gasteiger partial charge in [-0.05, 0) is 37.3 Å². The molecule has 7 heteroatoms. The van der Waals surface area contributed by atoms with Crippen LogP contribution in [0.2, 0.25) is 0 Å². The zero-order chi connectivity index (χ0) is 22.5. The first-order chi connectivity index (χ1) is 14.9. The second-order valence-corrected chi connectivity index (χ2v) is 8.88. The molecule has 1 aromatic heterocycles. The Morgan fingerprint density at radius 2 is 1.77 bits per heavy atom. The van der Waals surface area contributed by atoms with Crippen LogP contribution in [0.25, 0.3) is 11.1 Å². The predicted molar refractivity (Wildman–Crippen MR) is 121 cm³/mol. The molecule has 1 heterocycles. The number of nitrogens with one attached hydrogen (secondary N) is 1. The van der Waals surface area contributed by atoms with Crippen molar-refractivity contribution in [2.75, 3.05) is 12.4 Å². The molecule has 1 aliphatic carbocycles. The molecule has 2 N–H and O–H groups in total. The molecule has 3 rings (SSSR count). The number of carboxylic acids is 1. The van der Waals surface area contributed by atoms with Gasteiger partial charge in [-0.1, -0.05) is 49.8 Å². The van der Waals surface area contributed by atoms with E-state index in [0.29, 0.717) is 23.4 Å². The quantitative estimate of drug-likeness (QED) is 0.462. The first kappa shape index (κ1) is 22.7. The standard InChI is InChI=1S/C24H27NO5S/c1-4-7-15-10-12-16(13-11-15)19-14(2)31-22(20(19)24(29)30-3)25-21(26)17-8-5-6-9-18(17)23(27)28/h5-6,10-13,17-18H,4,7-9H2,1-3H3,(H,25,26)(H,27,28)/t17-,18+/m0/s1. The van der Waals surface area contributed by atoms with Crippen LogP contribution in [0.15, 0.2) is 36.4 Å². The molecule has 0 bridgehead atoms. The fraction of sp³-hybridized carbons (Fsp3) is 0.375. The van der Waals surface area contributed by atoms with Crippen molar-refractivity contribution < 1.29 is 24.2 Å². The molecule has 2 atom stereocenters. The van der Waals surface area contributed by atoms with Crippen molar-refractivity contribution in [2.45, 2.75) is 39.5 Å². The van der Waals surface area contributed by atoms with Crippen LogP contribution in [0.3, 0.4) is 0 Å². The van der Waals surface area contributed by atoms with Gasteiger partial charge in [0.05, 0.1) is 18.9 Å². The van der Waals surface area contributed by atoms with Gasteiger partial charge in [0.2, 0.25) is 5.91 Å². The smallest absolute Gasteiger partial charge is 0.341 e. The number of ether oxygens (including phenoxy) is 1. The van der Waals surface area contributed by atoms with Crippen molar-refractivity contribution in [1.29, 1.82) is 0 Å². The van der Waals surface area contributed by atoms with Gasteiger partial charge >= 0.3 is 11.9 Å². The first-order valence-corrected chi connectivity index (χ1v) is 11.2. The second kappa shape index (κ2) is 9.92. The maximum absolute atomic E-state index is 13.0. The second-order valence-electron chi connectivity index (χ2n) is 7.66. The number of allylic oxidation sites excluding steroid dienone is 2. The molecule has 0 fully saturated rings. The van der Waals surface area contributed by atoms with Crippen LogP contribution < -0.4 is 5.32 Å². The highest BCUT2D eigenvalue weighted by molar-refractivity contribution is 7.17. The number of carboxylic acid groups (broad SMARTS) is 1. The van der Waals surface area contributed by atoms with E-state index in [4.69, 9.17) is 4.74 Å². The van der Waals surface area contributed by atoms with E-state index in [1.54, 1.807) is 6.08 Å². The minimum absolute atomic E-state index is 0.305. The highest BCUT2D eigenvalue weighted by Gasteiger charge is 2.35. The molecule has 0 radical (unpaired) electrons. The van der Waals surface area contributed by atoms with E-state index in [-0.39, 0.29) is 0 Å². The molecule has 1 aromatic carbocycles. The lowest BCUT2D eigenvalue weighted by Gasteiger charge is -2.24. The zero-order valence-electron chi connectivity index (χ0n) is 17.9. The van der Waals surface area contributed by atoms with Gasteiger partial charge in [-0.15, -0.1) is 11.3 Å². The molecule has 2 aromatic rings. The van der Waals surface area contributed by atoms with E-state index in [9.17, 15) is 19.5 Å². The predicted octanol–water partition coefficient (Wildman–Crippen LogP) is 5.07. The summed E-state index contributed by atoms with van der Waals surface area (Å²) in [6.07, 6.45) is 6.32. The maximum atomic E-state index is 13.0. The number of esters is 1. The number of aryl methyl sites for hydroxylation is 2. The van der Waals surface area contributed by atoms with Crippen LogP contribution >= 0.6 is 11.3 Å². The number of methoxy groups -OCH3 is 1. The molecule has 1 aliphatic rings. The van der Waals surface area contributed by atoms with E-state index >= 15 is 0 Å². The van der Waals surface area contributed by atoms with Gasteiger partial charge in [0.25, 0.3) is 0 Å². The number of thiophene rings is 1. The molecule has 31 heavy (non-hydrogen) atoms. The van der Waals surface area contributed by atoms with E-state index in [2.05, 4.69) is 12.2 Å². The molecule has 0 unspecified atom stereocenters. The molecule has 1 amide bonds. The molecular formula is C24H27NO5S. The zero-order valence-corrected chi connectivity index (χ0v) is 18.8. The fourth-order valence-corrected chi connectivity index (χ4v) is 5.05. The summed E-state index contributed by atoms with van der Waals surface area (Å²) in [6, 6.07) is 8.04. The van der Waals surface area contributed by atoms with E-state index in [1.807, 2.05) is 37.3 Å². The first-order valence-electron chi connectivity index (χ1n) is 10.4. The summed E-state index contributed by atoms with van der Waals surface area (Å²) in [4.78, 5) is 38.1. The lowest BCUT2D eigenvalue weighted by Crippen LogP contribution is -2.34. The maximum Gasteiger partial charge on any atom is 0.341 e. The molecular weight excluding hydrogens is 414 g/mol. The minimum atomic E-state index is -0.993. The van der Waals surface area contributed by atoms with Gasteiger partial charge in [-0.3, -0.25) is 9.59 Å². The van der Waals surface area contributed by atoms with Crippen LogP contribution in [0.1, 0.15) is 47.0 Å². The van der Waals surface area contributed by atoms with Crippen molar-refractivity contribution in [2.24, 2.45) is 11.8 Å². The lowest BCUT2D eigenvalue weighted by molar-refractivity contribution is -0.146. The van der Waals surface area contributed by atoms with E-state index in [0.717, 1.165) is 28.8 Å². The molecule has 164 valence electrons. The van der Waals surface area contributed by atoms with Crippen LogP contribution in [0, 0.1) is 18.8 Å². The highest BCUT2D eigenvalue weighted by Crippen LogP contribution is 2.41. The SMILES string of the molecule is CCCc1ccc(-c2c(C)sc(NC(=O)[C@H]3CC=CC[C@H]3C(=O)O)c2C(=O)OC)cc1. The number of carbonyl (C=O) groups excluding carboxylic acids is 2. The summed E-state index contributed by atoms with van der Waals surface area (Å²) in [5.41, 5.74) is 3.13. The van der Waals surface area contributed by atoms with Gasteiger partial charge in [0.15, 0.2) is 0 Å². The number of anilines is 1. The van der Waals surface area contributed by atoms with Crippen molar-refractivity contribution in [3.63, 3.8) is 0 Å². The summed E-state index contributed by atoms with van der Waals surface area (Å²) in [5, 5.41) is 12.7. The molecule has 0 saturated carbocycles. The monoisotopic (exact) mass is 441 g/mol. The summed E-state index contributed by atoms with van der Waals surface area (Å²) in [5.74, 6) is -3.39. The van der Waals surface area contributed by atoms with E-state index < -0.39 is 29.7 Å². The third kappa shape index (κ3) is 4.88. The number of rotatable bonds is 7. The van der Waals surface area contributed by atoms with Crippen molar-refractivity contribution >= 4 is 34.2 Å². The van der Waals surface area contributed by atoms with Gasteiger partial charge in [0, 0.05) is 10.4 Å². The van der Waals surface area contributed by atoms with Crippen molar-refractivity contribution in [3.05, 3.63) is 52.4 Å². The normalized spacial score (nSPS) is 17.9. The average molecular weight is 442 g/mol. The minimum Gasteiger partial charge on any atom is -0.481 e. The third-order valence-corrected chi connectivity index (χ3v) is 6.60. The molecule has 0 saturated heterocycles. The lowest BCUT2D eigenvalue weighted by atomic mass is 9.82. The van der Waals surface area contributed by atoms with Crippen molar-refractivity contribution in [3.8, 4) is 11.1 Å². The van der Waals surface area contributed by atoms with Crippen LogP contribution in [0.4, 0.5) is 5.00 Å². The van der Waals surface area contributed by atoms with Gasteiger partial charge < -0.3 is 15.2 Å². The van der Waals surface area contributed by atoms with Gasteiger partial charge in [0.1, 0.15) is 10.6 Å². The summed E-state index contributed by atoms with van der Waals surface area (Å²) in [6.45, 7) is 4.02.